The Morgan fingerprint density at radius 2 is 0.984 bits per heavy atom. The first-order valence-electron chi connectivity index (χ1n) is 44.2. The highest BCUT2D eigenvalue weighted by molar-refractivity contribution is 5.89. The normalized spacial score (nSPS) is 51.1. The molecule has 12 fully saturated rings. The lowest BCUT2D eigenvalue weighted by molar-refractivity contribution is -0.390. The number of ether oxygens (including phenoxy) is 17. The molecule has 13 aliphatic rings. The molecule has 47 atom stereocenters. The second kappa shape index (κ2) is 39.4. The van der Waals surface area contributed by atoms with Gasteiger partial charge in [-0.2, -0.15) is 0 Å². The summed E-state index contributed by atoms with van der Waals surface area (Å²) in [7, 11) is 0. The molecule has 42 nitrogen and oxygen atoms in total. The third-order valence-electron chi connectivity index (χ3n) is 31.1. The highest BCUT2D eigenvalue weighted by atomic mass is 16.8. The van der Waals surface area contributed by atoms with E-state index in [1.807, 2.05) is 13.8 Å². The molecule has 8 saturated heterocycles. The average molecular weight is 1830 g/mol. The minimum Gasteiger partial charge on any atom is -0.458 e. The average Bonchev–Trinajstić information content (AvgIpc) is 0.875. The number of esters is 2. The zero-order chi connectivity index (χ0) is 92.9. The molecule has 4 saturated carbocycles. The number of carbonyl (C=O) groups excluding carboxylic acids is 2. The van der Waals surface area contributed by atoms with Gasteiger partial charge in [-0.25, -0.2) is 4.79 Å². The monoisotopic (exact) mass is 1830 g/mol. The largest absolute Gasteiger partial charge is 0.458 e. The number of hydrogen-bond donors (Lipinski definition) is 23. The van der Waals surface area contributed by atoms with Crippen LogP contribution in [0.15, 0.2) is 36.0 Å². The predicted molar refractivity (Wildman–Crippen MR) is 423 cm³/mol. The van der Waals surface area contributed by atoms with Crippen molar-refractivity contribution in [1.29, 1.82) is 0 Å². The molecule has 0 aromatic heterocycles. The van der Waals surface area contributed by atoms with Crippen molar-refractivity contribution < 1.29 is 208 Å². The summed E-state index contributed by atoms with van der Waals surface area (Å²) in [4.78, 5) is 31.5. The van der Waals surface area contributed by atoms with Crippen LogP contribution in [-0.4, -0.2) is 421 Å². The van der Waals surface area contributed by atoms with Gasteiger partial charge >= 0.3 is 11.9 Å². The van der Waals surface area contributed by atoms with Crippen molar-refractivity contribution in [2.75, 3.05) is 46.2 Å². The van der Waals surface area contributed by atoms with Crippen molar-refractivity contribution in [2.45, 2.75) is 385 Å². The minimum atomic E-state index is -2.23. The predicted octanol–water partition coefficient (Wildman–Crippen LogP) is -6.61. The summed E-state index contributed by atoms with van der Waals surface area (Å²) in [6.07, 6.45) is -57.6. The van der Waals surface area contributed by atoms with Gasteiger partial charge < -0.3 is 198 Å². The van der Waals surface area contributed by atoms with Crippen molar-refractivity contribution >= 4 is 11.9 Å². The fraction of sp³-hybridized carbons (Fsp3) is 0.906. The first-order chi connectivity index (χ1) is 59.6. The number of carbonyl (C=O) groups is 2. The third kappa shape index (κ3) is 18.9. The Morgan fingerprint density at radius 3 is 1.61 bits per heavy atom. The van der Waals surface area contributed by atoms with Crippen LogP contribution in [-0.2, 0) is 90.1 Å². The highest BCUT2D eigenvalue weighted by Gasteiger charge is 2.72. The molecular weight excluding hydrogens is 1690 g/mol. The first-order valence-corrected chi connectivity index (χ1v) is 44.2. The topological polar surface area (TPSA) is 656 Å². The standard InChI is InChI=1S/C85H136O42/c1-12-81(8,127-75-63(107)55(99)48(92)33(2)114-75)19-13-14-35(26-86)69(109)120-47-25-85(78(110)126-77-68(58(102)52(96)41(28-88)118-77)125-74-64(108)66(123-73-62(106)56(100)51(95)40(27-87)116-73)65(34(3)115-74)122-72-60(104)53(97)42(29-89)117-72)23-22-83(10)36(37(85)24-79(47,4)5)15-16-45-82(9)20-18-46(80(6,7)44(82)17-21-84(45,83)11)121-71-61(105)57(101)54(98)43(119-71)32-113-76-67(50(94)39(91)31-112-76)124-70-59(103)49(93)38(90)30-111-70/h12,14-15,33-34,37-68,70-77,86-108H,1,13,16-32H2,2-11H3/b35-14+/t33-,34+,37+,38-,39+,40-,41-,42+,43-,44+,45-,46+,47+,48-,49+,50+,51-,52-,53+,54-,55+,56+,57+,58+,59-,60-,61-,62-,63-,64-,65+,66+,67-,68-,70+,71+,72+,73+,74+,75+,76+,77+,81-,82+,83-,84-,85-/m1/s1. The smallest absolute Gasteiger partial charge is 0.336 e. The highest BCUT2D eigenvalue weighted by Crippen LogP contribution is 2.76. The van der Waals surface area contributed by atoms with Gasteiger partial charge in [0.2, 0.25) is 6.29 Å². The fourth-order valence-electron chi connectivity index (χ4n) is 22.8. The van der Waals surface area contributed by atoms with E-state index in [0.29, 0.717) is 38.5 Å². The molecule has 13 rings (SSSR count). The molecule has 0 bridgehead atoms. The number of rotatable bonds is 27. The second-order valence-electron chi connectivity index (χ2n) is 39.5. The summed E-state index contributed by atoms with van der Waals surface area (Å²) >= 11 is 0. The first kappa shape index (κ1) is 101. The molecule has 728 valence electrons. The van der Waals surface area contributed by atoms with E-state index >= 15 is 4.79 Å². The summed E-state index contributed by atoms with van der Waals surface area (Å²) in [6.45, 7) is 18.0. The SMILES string of the molecule is C=C[C@](C)(CC/C=C(\CO)C(=O)O[C@H]1C[C@]2(C(=O)O[C@@H]3O[C@H](CO)[C@@H](O)[C@H](O)[C@H]3O[C@@H]3O[C@@H](C)[C@H](O[C@@H]4O[C@@H](CO)[C@H](O)[C@H]4O)[C@@H](O[C@@H]4O[C@H](CO)[C@@H](O)[C@H](O)[C@H]4O)[C@H]3O)CC[C@]3(C)C(=CC[C@@H]4[C@@]5(C)CC[C@H](O[C@@H]6O[C@H](CO[C@@H]7OC[C@H](O)[C@H](O)[C@H]7O[C@@H]7OC[C@@H](O)[C@H](O)[C@H]7O)[C@@H](O)[C@H](O)[C@H]6O)C(C)(C)[C@@H]5CC[C@]43C)[C@@H]2CC1(C)C)O[C@@H]1O[C@H](C)[C@@H](O)[C@H](O)[C@H]1O. The van der Waals surface area contributed by atoms with Gasteiger partial charge in [0, 0.05) is 11.8 Å². The van der Waals surface area contributed by atoms with Gasteiger partial charge in [-0.05, 0) is 124 Å². The number of aliphatic hydroxyl groups is 23. The molecule has 0 unspecified atom stereocenters. The van der Waals surface area contributed by atoms with Gasteiger partial charge in [-0.15, -0.1) is 6.58 Å². The Morgan fingerprint density at radius 1 is 0.480 bits per heavy atom. The van der Waals surface area contributed by atoms with Crippen molar-refractivity contribution in [3.8, 4) is 0 Å². The molecule has 0 spiro atoms. The summed E-state index contributed by atoms with van der Waals surface area (Å²) in [5, 5.41) is 252. The maximum absolute atomic E-state index is 16.6. The van der Waals surface area contributed by atoms with Crippen LogP contribution in [0.3, 0.4) is 0 Å². The molecule has 0 amide bonds. The van der Waals surface area contributed by atoms with Gasteiger partial charge in [-0.1, -0.05) is 72.3 Å². The van der Waals surface area contributed by atoms with E-state index in [1.165, 1.54) is 26.0 Å². The third-order valence-corrected chi connectivity index (χ3v) is 31.1. The minimum absolute atomic E-state index is 0.0255. The van der Waals surface area contributed by atoms with Gasteiger partial charge in [0.1, 0.15) is 165 Å². The quantitative estimate of drug-likeness (QED) is 0.0157. The van der Waals surface area contributed by atoms with E-state index in [9.17, 15) is 122 Å². The molecule has 0 aromatic carbocycles. The molecule has 8 heterocycles. The lowest BCUT2D eigenvalue weighted by atomic mass is 9.33. The lowest BCUT2D eigenvalue weighted by Crippen LogP contribution is -2.67. The summed E-state index contributed by atoms with van der Waals surface area (Å²) in [5.41, 5.74) is -5.72. The Bertz CT molecular complexity index is 3770. The number of hydrogen-bond acceptors (Lipinski definition) is 42. The zero-order valence-electron chi connectivity index (χ0n) is 73.0. The fourth-order valence-corrected chi connectivity index (χ4v) is 22.8. The van der Waals surface area contributed by atoms with Crippen LogP contribution in [0.25, 0.3) is 0 Å². The van der Waals surface area contributed by atoms with Crippen LogP contribution in [0.5, 0.6) is 0 Å². The van der Waals surface area contributed by atoms with Crippen molar-refractivity contribution in [3.63, 3.8) is 0 Å². The molecule has 0 radical (unpaired) electrons. The van der Waals surface area contributed by atoms with E-state index in [4.69, 9.17) is 80.5 Å². The Hall–Kier alpha value is -3.36. The number of allylic oxidation sites excluding steroid dienone is 3. The van der Waals surface area contributed by atoms with Gasteiger partial charge in [0.05, 0.1) is 81.1 Å². The summed E-state index contributed by atoms with van der Waals surface area (Å²) < 4.78 is 103. The maximum atomic E-state index is 16.6. The van der Waals surface area contributed by atoms with E-state index in [0.717, 1.165) is 5.57 Å². The van der Waals surface area contributed by atoms with Crippen LogP contribution < -0.4 is 0 Å². The Labute approximate surface area is 734 Å². The lowest BCUT2D eigenvalue weighted by Gasteiger charge is -2.71. The van der Waals surface area contributed by atoms with E-state index in [1.54, 1.807) is 6.92 Å². The second-order valence-corrected chi connectivity index (χ2v) is 39.5. The summed E-state index contributed by atoms with van der Waals surface area (Å²) in [5.74, 6) is -2.84. The van der Waals surface area contributed by atoms with E-state index in [2.05, 4.69) is 47.3 Å². The van der Waals surface area contributed by atoms with Crippen LogP contribution in [0, 0.1) is 50.2 Å². The Kier molecular flexibility index (Phi) is 31.3. The van der Waals surface area contributed by atoms with Crippen molar-refractivity contribution in [3.05, 3.63) is 36.0 Å². The molecule has 23 N–H and O–H groups in total. The molecule has 127 heavy (non-hydrogen) atoms. The van der Waals surface area contributed by atoms with Crippen molar-refractivity contribution in [1.82, 2.24) is 0 Å². The van der Waals surface area contributed by atoms with Crippen LogP contribution in [0.4, 0.5) is 0 Å². The number of aliphatic hydroxyl groups excluding tert-OH is 23. The zero-order valence-corrected chi connectivity index (χ0v) is 73.0. The maximum Gasteiger partial charge on any atom is 0.336 e. The molecule has 42 heteroatoms. The van der Waals surface area contributed by atoms with Gasteiger partial charge in [0.25, 0.3) is 0 Å². The summed E-state index contributed by atoms with van der Waals surface area (Å²) in [6, 6.07) is 0. The Balaban J connectivity index is 0.779. The van der Waals surface area contributed by atoms with Crippen molar-refractivity contribution in [2.24, 2.45) is 50.2 Å². The molecule has 0 aromatic rings. The van der Waals surface area contributed by atoms with Gasteiger partial charge in [-0.3, -0.25) is 4.79 Å². The van der Waals surface area contributed by atoms with E-state index in [-0.39, 0.29) is 49.5 Å². The van der Waals surface area contributed by atoms with Crippen LogP contribution >= 0.6 is 0 Å². The van der Waals surface area contributed by atoms with E-state index < -0.39 is 342 Å². The van der Waals surface area contributed by atoms with Gasteiger partial charge in [0.15, 0.2) is 50.1 Å². The van der Waals surface area contributed by atoms with Crippen LogP contribution in [0.1, 0.15) is 140 Å². The molecular formula is C85H136O42. The molecule has 8 aliphatic heterocycles. The van der Waals surface area contributed by atoms with Crippen LogP contribution in [0.2, 0.25) is 0 Å². The molecule has 5 aliphatic carbocycles. The number of fused-ring (bicyclic) bond motifs is 7.